The first-order valence-electron chi connectivity index (χ1n) is 13.2. The van der Waals surface area contributed by atoms with Crippen LogP contribution >= 0.6 is 0 Å². The quantitative estimate of drug-likeness (QED) is 0.249. The Morgan fingerprint density at radius 2 is 0.744 bits per heavy atom. The van der Waals surface area contributed by atoms with Crippen LogP contribution in [0.15, 0.2) is 133 Å². The Kier molecular flexibility index (Phi) is 4.48. The van der Waals surface area contributed by atoms with Crippen molar-refractivity contribution < 1.29 is 10.2 Å². The molecule has 0 atom stereocenters. The highest BCUT2D eigenvalue weighted by Crippen LogP contribution is 2.63. The van der Waals surface area contributed by atoms with Crippen LogP contribution in [0.25, 0.3) is 44.5 Å². The summed E-state index contributed by atoms with van der Waals surface area (Å²) in [7, 11) is 0. The Bertz CT molecular complexity index is 1810. The molecule has 0 radical (unpaired) electrons. The third kappa shape index (κ3) is 2.97. The molecule has 39 heavy (non-hydrogen) atoms. The number of rotatable bonds is 2. The summed E-state index contributed by atoms with van der Waals surface area (Å²) in [6.07, 6.45) is 0. The third-order valence-electron chi connectivity index (χ3n) is 8.45. The molecule has 0 amide bonds. The molecule has 2 heteroatoms. The Balaban J connectivity index is 1.48. The first-order chi connectivity index (χ1) is 19.1. The standard InChI is InChI=1S/C37H24O2/c38-27-9-5-7-23(19-27)25-15-17-31-29-11-1-3-13-33(29)37(35(31)21-25)34-14-4-2-12-30(34)32-18-16-26(22-36(32)37)24-8-6-10-28(39)20-24/h1-22,38-39H. The van der Waals surface area contributed by atoms with Crippen molar-refractivity contribution in [3.05, 3.63) is 156 Å². The lowest BCUT2D eigenvalue weighted by molar-refractivity contribution is 0.475. The molecule has 6 aromatic rings. The Morgan fingerprint density at radius 3 is 1.21 bits per heavy atom. The molecule has 0 saturated carbocycles. The van der Waals surface area contributed by atoms with Gasteiger partial charge >= 0.3 is 0 Å². The van der Waals surface area contributed by atoms with E-state index >= 15 is 0 Å². The number of fused-ring (bicyclic) bond motifs is 10. The predicted molar refractivity (Wildman–Crippen MR) is 157 cm³/mol. The Labute approximate surface area is 227 Å². The molecule has 0 heterocycles. The van der Waals surface area contributed by atoms with Crippen molar-refractivity contribution in [1.82, 2.24) is 0 Å². The van der Waals surface area contributed by atoms with Gasteiger partial charge < -0.3 is 10.2 Å². The summed E-state index contributed by atoms with van der Waals surface area (Å²) in [5, 5.41) is 20.4. The van der Waals surface area contributed by atoms with E-state index in [2.05, 4.69) is 84.9 Å². The highest BCUT2D eigenvalue weighted by Gasteiger charge is 2.51. The van der Waals surface area contributed by atoms with Crippen molar-refractivity contribution in [2.24, 2.45) is 0 Å². The molecule has 1 spiro atoms. The largest absolute Gasteiger partial charge is 0.508 e. The van der Waals surface area contributed by atoms with E-state index in [1.54, 1.807) is 12.1 Å². The zero-order chi connectivity index (χ0) is 26.1. The van der Waals surface area contributed by atoms with Crippen LogP contribution in [0.4, 0.5) is 0 Å². The van der Waals surface area contributed by atoms with Gasteiger partial charge in [-0.3, -0.25) is 0 Å². The molecular formula is C37H24O2. The number of aromatic hydroxyl groups is 2. The predicted octanol–water partition coefficient (Wildman–Crippen LogP) is 8.78. The lowest BCUT2D eigenvalue weighted by Gasteiger charge is -2.31. The molecule has 2 aliphatic carbocycles. The van der Waals surface area contributed by atoms with Gasteiger partial charge in [0.2, 0.25) is 0 Å². The summed E-state index contributed by atoms with van der Waals surface area (Å²) in [6.45, 7) is 0. The number of hydrogen-bond acceptors (Lipinski definition) is 2. The minimum atomic E-state index is -0.475. The molecule has 2 N–H and O–H groups in total. The Hall–Kier alpha value is -5.08. The van der Waals surface area contributed by atoms with Gasteiger partial charge in [0, 0.05) is 0 Å². The normalized spacial score (nSPS) is 13.5. The minimum absolute atomic E-state index is 0.262. The van der Waals surface area contributed by atoms with Crippen LogP contribution in [0.2, 0.25) is 0 Å². The number of phenols is 2. The van der Waals surface area contributed by atoms with Crippen molar-refractivity contribution >= 4 is 0 Å². The topological polar surface area (TPSA) is 40.5 Å². The maximum absolute atomic E-state index is 10.2. The van der Waals surface area contributed by atoms with Crippen molar-refractivity contribution in [1.29, 1.82) is 0 Å². The summed E-state index contributed by atoms with van der Waals surface area (Å²) in [4.78, 5) is 0. The lowest BCUT2D eigenvalue weighted by atomic mass is 9.70. The molecule has 0 aliphatic heterocycles. The molecule has 2 nitrogen and oxygen atoms in total. The first-order valence-corrected chi connectivity index (χ1v) is 13.2. The van der Waals surface area contributed by atoms with E-state index in [1.165, 1.54) is 44.5 Å². The molecule has 0 saturated heterocycles. The van der Waals surface area contributed by atoms with Crippen molar-refractivity contribution in [3.63, 3.8) is 0 Å². The fraction of sp³-hybridized carbons (Fsp3) is 0.0270. The summed E-state index contributed by atoms with van der Waals surface area (Å²) < 4.78 is 0. The number of phenolic OH excluding ortho intramolecular Hbond substituents is 2. The fourth-order valence-electron chi connectivity index (χ4n) is 6.87. The van der Waals surface area contributed by atoms with Gasteiger partial charge in [0.05, 0.1) is 5.41 Å². The molecule has 0 unspecified atom stereocenters. The monoisotopic (exact) mass is 500 g/mol. The SMILES string of the molecule is Oc1cccc(-c2ccc3c(c2)C2(c4ccccc4-3)c3ccccc3-c3ccc(-c4cccc(O)c4)cc32)c1. The van der Waals surface area contributed by atoms with Crippen LogP contribution in [0, 0.1) is 0 Å². The van der Waals surface area contributed by atoms with Crippen LogP contribution in [-0.4, -0.2) is 10.2 Å². The van der Waals surface area contributed by atoms with Gasteiger partial charge in [-0.2, -0.15) is 0 Å². The van der Waals surface area contributed by atoms with E-state index in [-0.39, 0.29) is 11.5 Å². The molecular weight excluding hydrogens is 476 g/mol. The van der Waals surface area contributed by atoms with Gasteiger partial charge in [-0.15, -0.1) is 0 Å². The molecule has 6 aromatic carbocycles. The fourth-order valence-corrected chi connectivity index (χ4v) is 6.87. The number of hydrogen-bond donors (Lipinski definition) is 2. The second kappa shape index (κ2) is 7.96. The summed E-state index contributed by atoms with van der Waals surface area (Å²) >= 11 is 0. The molecule has 0 aromatic heterocycles. The highest BCUT2D eigenvalue weighted by molar-refractivity contribution is 5.96. The Morgan fingerprint density at radius 1 is 0.333 bits per heavy atom. The van der Waals surface area contributed by atoms with Crippen LogP contribution in [0.3, 0.4) is 0 Å². The summed E-state index contributed by atoms with van der Waals surface area (Å²) in [5.74, 6) is 0.525. The van der Waals surface area contributed by atoms with Gasteiger partial charge in [0.25, 0.3) is 0 Å². The summed E-state index contributed by atoms with van der Waals surface area (Å²) in [5.41, 5.74) is 13.7. The van der Waals surface area contributed by atoms with Crippen molar-refractivity contribution in [2.45, 2.75) is 5.41 Å². The number of benzene rings is 6. The molecule has 0 bridgehead atoms. The maximum Gasteiger partial charge on any atom is 0.116 e. The van der Waals surface area contributed by atoms with E-state index in [4.69, 9.17) is 0 Å². The van der Waals surface area contributed by atoms with Crippen LogP contribution in [0.5, 0.6) is 11.5 Å². The van der Waals surface area contributed by atoms with Gasteiger partial charge in [-0.25, -0.2) is 0 Å². The van der Waals surface area contributed by atoms with Crippen LogP contribution in [0.1, 0.15) is 22.3 Å². The van der Waals surface area contributed by atoms with E-state index in [9.17, 15) is 10.2 Å². The zero-order valence-corrected chi connectivity index (χ0v) is 21.1. The summed E-state index contributed by atoms with van der Waals surface area (Å²) in [6, 6.07) is 45.9. The van der Waals surface area contributed by atoms with Crippen LogP contribution in [-0.2, 0) is 5.41 Å². The first kappa shape index (κ1) is 22.0. The van der Waals surface area contributed by atoms with Gasteiger partial charge in [-0.05, 0) is 103 Å². The van der Waals surface area contributed by atoms with Gasteiger partial charge in [0.15, 0.2) is 0 Å². The van der Waals surface area contributed by atoms with Crippen molar-refractivity contribution in [2.75, 3.05) is 0 Å². The second-order valence-corrected chi connectivity index (χ2v) is 10.5. The molecule has 2 aliphatic rings. The van der Waals surface area contributed by atoms with E-state index in [0.717, 1.165) is 22.3 Å². The van der Waals surface area contributed by atoms with Gasteiger partial charge in [0.1, 0.15) is 11.5 Å². The third-order valence-corrected chi connectivity index (χ3v) is 8.45. The molecule has 184 valence electrons. The average Bonchev–Trinajstić information content (AvgIpc) is 3.44. The van der Waals surface area contributed by atoms with Crippen molar-refractivity contribution in [3.8, 4) is 56.0 Å². The van der Waals surface area contributed by atoms with E-state index in [0.29, 0.717) is 0 Å². The highest BCUT2D eigenvalue weighted by atomic mass is 16.3. The van der Waals surface area contributed by atoms with Gasteiger partial charge in [-0.1, -0.05) is 97.1 Å². The lowest BCUT2D eigenvalue weighted by Crippen LogP contribution is -2.26. The average molecular weight is 501 g/mol. The van der Waals surface area contributed by atoms with E-state index < -0.39 is 5.41 Å². The smallest absolute Gasteiger partial charge is 0.116 e. The van der Waals surface area contributed by atoms with E-state index in [1.807, 2.05) is 36.4 Å². The van der Waals surface area contributed by atoms with Crippen LogP contribution < -0.4 is 0 Å². The molecule has 8 rings (SSSR count). The second-order valence-electron chi connectivity index (χ2n) is 10.5. The molecule has 0 fully saturated rings. The maximum atomic E-state index is 10.2. The minimum Gasteiger partial charge on any atom is -0.508 e. The zero-order valence-electron chi connectivity index (χ0n) is 21.1.